The van der Waals surface area contributed by atoms with E-state index in [1.54, 1.807) is 0 Å². The first-order chi connectivity index (χ1) is 13.7. The molecule has 4 bridgehead atoms. The number of aliphatic hydroxyl groups is 2. The molecule has 6 rings (SSSR count). The maximum Gasteiger partial charge on any atom is 0.291 e. The summed E-state index contributed by atoms with van der Waals surface area (Å²) in [6, 6.07) is 0.0814. The van der Waals surface area contributed by atoms with Crippen molar-refractivity contribution in [1.82, 2.24) is 10.5 Å². The fraction of sp³-hybridized carbons (Fsp3) is 0.810. The number of carbonyl (C=O) groups excluding carboxylic acids is 1. The Balaban J connectivity index is 1.32. The molecule has 2 atom stereocenters. The second-order valence-corrected chi connectivity index (χ2v) is 11.6. The Bertz CT molecular complexity index is 789. The van der Waals surface area contributed by atoms with Crippen molar-refractivity contribution >= 4 is 17.7 Å². The first-order valence-corrected chi connectivity index (χ1v) is 11.7. The van der Waals surface area contributed by atoms with E-state index in [2.05, 4.69) is 10.5 Å². The van der Waals surface area contributed by atoms with E-state index in [4.69, 9.17) is 9.26 Å². The van der Waals surface area contributed by atoms with Gasteiger partial charge in [0, 0.05) is 11.3 Å². The average Bonchev–Trinajstić information content (AvgIpc) is 3.22. The Labute approximate surface area is 174 Å². The molecule has 0 spiro atoms. The summed E-state index contributed by atoms with van der Waals surface area (Å²) >= 11 is 1.48. The first kappa shape index (κ1) is 19.7. The molecule has 3 N–H and O–H groups in total. The third kappa shape index (κ3) is 3.79. The number of aromatic nitrogens is 1. The molecule has 2 unspecified atom stereocenters. The highest BCUT2D eigenvalue weighted by Crippen LogP contribution is 2.55. The Morgan fingerprint density at radius 3 is 2.55 bits per heavy atom. The topological polar surface area (TPSA) is 105 Å². The second kappa shape index (κ2) is 6.89. The average molecular weight is 423 g/mol. The predicted octanol–water partition coefficient (Wildman–Crippen LogP) is 2.75. The van der Waals surface area contributed by atoms with Gasteiger partial charge in [-0.05, 0) is 67.9 Å². The minimum absolute atomic E-state index is 0.0814. The highest BCUT2D eigenvalue weighted by Gasteiger charge is 2.55. The van der Waals surface area contributed by atoms with Gasteiger partial charge in [0.15, 0.2) is 0 Å². The van der Waals surface area contributed by atoms with Crippen molar-refractivity contribution in [1.29, 1.82) is 0 Å². The van der Waals surface area contributed by atoms with Crippen molar-refractivity contribution in [2.75, 3.05) is 6.61 Å². The maximum absolute atomic E-state index is 13.1. The summed E-state index contributed by atoms with van der Waals surface area (Å²) < 4.78 is 11.1. The molecule has 5 saturated carbocycles. The molecule has 1 aromatic rings. The smallest absolute Gasteiger partial charge is 0.291 e. The van der Waals surface area contributed by atoms with Crippen molar-refractivity contribution in [2.24, 2.45) is 17.8 Å². The minimum atomic E-state index is -0.762. The molecule has 0 radical (unpaired) electrons. The molecule has 8 heteroatoms. The largest absolute Gasteiger partial charge is 0.472 e. The van der Waals surface area contributed by atoms with Gasteiger partial charge >= 0.3 is 0 Å². The van der Waals surface area contributed by atoms with Gasteiger partial charge in [-0.1, -0.05) is 13.8 Å². The van der Waals surface area contributed by atoms with E-state index in [0.717, 1.165) is 44.9 Å². The monoisotopic (exact) mass is 422 g/mol. The van der Waals surface area contributed by atoms with Gasteiger partial charge in [0.1, 0.15) is 11.5 Å². The molecule has 5 aliphatic carbocycles. The fourth-order valence-electron chi connectivity index (χ4n) is 5.77. The summed E-state index contributed by atoms with van der Waals surface area (Å²) in [5.41, 5.74) is -1.28. The summed E-state index contributed by atoms with van der Waals surface area (Å²) in [7, 11) is 0. The van der Waals surface area contributed by atoms with Crippen molar-refractivity contribution < 1.29 is 24.3 Å². The van der Waals surface area contributed by atoms with Gasteiger partial charge < -0.3 is 24.8 Å². The van der Waals surface area contributed by atoms with Gasteiger partial charge in [-0.25, -0.2) is 0 Å². The lowest BCUT2D eigenvalue weighted by molar-refractivity contribution is -0.137. The van der Waals surface area contributed by atoms with Gasteiger partial charge in [0.05, 0.1) is 11.2 Å². The lowest BCUT2D eigenvalue weighted by Crippen LogP contribution is -2.61. The summed E-state index contributed by atoms with van der Waals surface area (Å²) in [5.74, 6) is 1.47. The molecule has 5 fully saturated rings. The zero-order valence-corrected chi connectivity index (χ0v) is 17.8. The van der Waals surface area contributed by atoms with E-state index in [0.29, 0.717) is 22.6 Å². The van der Waals surface area contributed by atoms with Crippen molar-refractivity contribution in [3.05, 3.63) is 5.76 Å². The van der Waals surface area contributed by atoms with Crippen LogP contribution in [-0.2, 0) is 0 Å². The molecular formula is C21H30N2O5S. The van der Waals surface area contributed by atoms with Crippen LogP contribution in [0.1, 0.15) is 69.3 Å². The number of carbonyl (C=O) groups is 1. The molecule has 5 aliphatic rings. The number of nitrogens with zero attached hydrogens (tertiary/aromatic N) is 1. The molecule has 0 aromatic carbocycles. The van der Waals surface area contributed by atoms with Crippen LogP contribution in [0.4, 0.5) is 0 Å². The maximum atomic E-state index is 13.1. The fourth-order valence-corrected chi connectivity index (χ4v) is 6.67. The van der Waals surface area contributed by atoms with E-state index < -0.39 is 11.2 Å². The highest BCUT2D eigenvalue weighted by atomic mass is 32.2. The Morgan fingerprint density at radius 2 is 1.97 bits per heavy atom. The Morgan fingerprint density at radius 1 is 1.28 bits per heavy atom. The quantitative estimate of drug-likeness (QED) is 0.580. The van der Waals surface area contributed by atoms with Crippen LogP contribution in [0.2, 0.25) is 0 Å². The zero-order chi connectivity index (χ0) is 20.4. The molecule has 7 nitrogen and oxygen atoms in total. The van der Waals surface area contributed by atoms with Crippen LogP contribution in [0, 0.1) is 17.8 Å². The highest BCUT2D eigenvalue weighted by molar-refractivity contribution is 8.00. The van der Waals surface area contributed by atoms with Crippen LogP contribution in [0.5, 0.6) is 5.88 Å². The van der Waals surface area contributed by atoms with E-state index in [-0.39, 0.29) is 35.4 Å². The number of nitrogens with one attached hydrogen (secondary N) is 1. The zero-order valence-electron chi connectivity index (χ0n) is 17.0. The van der Waals surface area contributed by atoms with Crippen LogP contribution in [0.15, 0.2) is 9.42 Å². The second-order valence-electron chi connectivity index (χ2n) is 10.0. The lowest BCUT2D eigenvalue weighted by Gasteiger charge is -2.58. The summed E-state index contributed by atoms with van der Waals surface area (Å²) in [5, 5.41) is 28.2. The molecule has 1 heterocycles. The minimum Gasteiger partial charge on any atom is -0.472 e. The number of thioether (sulfide) groups is 1. The van der Waals surface area contributed by atoms with Crippen LogP contribution in [0.25, 0.3) is 0 Å². The summed E-state index contributed by atoms with van der Waals surface area (Å²) in [4.78, 5) is 13.7. The number of amides is 1. The van der Waals surface area contributed by atoms with Crippen molar-refractivity contribution in [2.45, 2.75) is 86.2 Å². The van der Waals surface area contributed by atoms with E-state index in [9.17, 15) is 15.0 Å². The summed E-state index contributed by atoms with van der Waals surface area (Å²) in [6.45, 7) is 4.24. The lowest BCUT2D eigenvalue weighted by atomic mass is 9.52. The Kier molecular flexibility index (Phi) is 4.68. The molecule has 29 heavy (non-hydrogen) atoms. The third-order valence-corrected chi connectivity index (χ3v) is 8.09. The number of hydrogen-bond acceptors (Lipinski definition) is 7. The first-order valence-electron chi connectivity index (χ1n) is 10.8. The molecule has 1 amide bonds. The van der Waals surface area contributed by atoms with E-state index in [1.807, 2.05) is 13.8 Å². The van der Waals surface area contributed by atoms with Crippen LogP contribution in [-0.4, -0.2) is 50.4 Å². The number of rotatable bonds is 7. The molecular weight excluding hydrogens is 392 g/mol. The Hall–Kier alpha value is -1.25. The molecule has 0 aliphatic heterocycles. The van der Waals surface area contributed by atoms with E-state index >= 15 is 0 Å². The van der Waals surface area contributed by atoms with Crippen LogP contribution in [0.3, 0.4) is 0 Å². The van der Waals surface area contributed by atoms with Crippen LogP contribution >= 0.6 is 11.8 Å². The SMILES string of the molecule is CC(C)Sc1c(OCC2(O)CC2)noc1C(=O)N[C@H]1C2CC3CC1C[C@](O)(C3)C2. The predicted molar refractivity (Wildman–Crippen MR) is 107 cm³/mol. The van der Waals surface area contributed by atoms with Crippen molar-refractivity contribution in [3.63, 3.8) is 0 Å². The van der Waals surface area contributed by atoms with Gasteiger partial charge in [-0.15, -0.1) is 11.8 Å². The third-order valence-electron chi connectivity index (χ3n) is 7.02. The molecule has 0 saturated heterocycles. The van der Waals surface area contributed by atoms with Gasteiger partial charge in [-0.3, -0.25) is 4.79 Å². The van der Waals surface area contributed by atoms with Crippen molar-refractivity contribution in [3.8, 4) is 5.88 Å². The number of hydrogen-bond donors (Lipinski definition) is 3. The van der Waals surface area contributed by atoms with Crippen LogP contribution < -0.4 is 10.1 Å². The van der Waals surface area contributed by atoms with Gasteiger partial charge in [0.2, 0.25) is 5.76 Å². The van der Waals surface area contributed by atoms with E-state index in [1.165, 1.54) is 11.8 Å². The normalized spacial score (nSPS) is 36.4. The molecule has 160 valence electrons. The number of ether oxygens (including phenoxy) is 1. The summed E-state index contributed by atoms with van der Waals surface area (Å²) in [6.07, 6.45) is 6.10. The van der Waals surface area contributed by atoms with Gasteiger partial charge in [0.25, 0.3) is 11.8 Å². The standard InChI is InChI=1S/C21H30N2O5S/c1-11(2)29-17-16(28-23-19(17)27-10-20(25)3-4-20)18(24)22-15-13-5-12-6-14(15)9-21(26,7-12)8-13/h11-15,25-26H,3-10H2,1-2H3,(H,22,24)/t12?,13?,14?,15-,21-. The van der Waals surface area contributed by atoms with Gasteiger partial charge in [-0.2, -0.15) is 0 Å². The molecule has 1 aromatic heterocycles.